The first-order chi connectivity index (χ1) is 12.4. The maximum Gasteiger partial charge on any atom is 0.323 e. The third-order valence-corrected chi connectivity index (χ3v) is 4.41. The highest BCUT2D eigenvalue weighted by atomic mass is 16.4. The number of amides is 2. The van der Waals surface area contributed by atoms with Gasteiger partial charge in [-0.25, -0.2) is 4.98 Å². The van der Waals surface area contributed by atoms with Crippen molar-refractivity contribution in [1.82, 2.24) is 14.8 Å². The van der Waals surface area contributed by atoms with Crippen LogP contribution in [-0.4, -0.2) is 76.4 Å². The quantitative estimate of drug-likeness (QED) is 0.772. The van der Waals surface area contributed by atoms with Crippen LogP contribution in [0.1, 0.15) is 26.7 Å². The minimum absolute atomic E-state index is 0.0325. The molecule has 1 aromatic heterocycles. The summed E-state index contributed by atoms with van der Waals surface area (Å²) in [5.41, 5.74) is 0. The maximum absolute atomic E-state index is 12.4. The molecule has 1 fully saturated rings. The Morgan fingerprint density at radius 1 is 1.15 bits per heavy atom. The Labute approximate surface area is 153 Å². The predicted octanol–water partition coefficient (Wildman–Crippen LogP) is 0.832. The normalized spacial score (nSPS) is 14.4. The number of rotatable bonds is 7. The molecule has 0 aliphatic carbocycles. The lowest BCUT2D eigenvalue weighted by molar-refractivity contribution is -0.146. The Bertz CT molecular complexity index is 627. The van der Waals surface area contributed by atoms with Crippen molar-refractivity contribution in [3.05, 3.63) is 24.4 Å². The standard InChI is InChI=1S/C18H26N4O4/c1-14(2)22(13-18(25)26)17(24)7-6-16(23)21-11-9-20(10-12-21)15-5-3-4-8-19-15/h3-5,8,14H,6-7,9-13H2,1-2H3,(H,25,26). The van der Waals surface area contributed by atoms with Gasteiger partial charge in [0, 0.05) is 51.3 Å². The van der Waals surface area contributed by atoms with Crippen molar-refractivity contribution in [3.63, 3.8) is 0 Å². The summed E-state index contributed by atoms with van der Waals surface area (Å²) in [5.74, 6) is -0.527. The highest BCUT2D eigenvalue weighted by molar-refractivity contribution is 5.86. The largest absolute Gasteiger partial charge is 0.480 e. The van der Waals surface area contributed by atoms with Crippen LogP contribution in [0.4, 0.5) is 5.82 Å². The molecule has 0 saturated carbocycles. The summed E-state index contributed by atoms with van der Waals surface area (Å²) in [5, 5.41) is 8.90. The van der Waals surface area contributed by atoms with E-state index in [2.05, 4.69) is 9.88 Å². The van der Waals surface area contributed by atoms with Gasteiger partial charge < -0.3 is 19.8 Å². The van der Waals surface area contributed by atoms with Crippen LogP contribution in [0, 0.1) is 0 Å². The fourth-order valence-electron chi connectivity index (χ4n) is 2.95. The summed E-state index contributed by atoms with van der Waals surface area (Å²) in [4.78, 5) is 44.9. The number of carbonyl (C=O) groups excluding carboxylic acids is 2. The smallest absolute Gasteiger partial charge is 0.323 e. The summed E-state index contributed by atoms with van der Waals surface area (Å²) < 4.78 is 0. The molecule has 0 radical (unpaired) electrons. The highest BCUT2D eigenvalue weighted by Crippen LogP contribution is 2.14. The third-order valence-electron chi connectivity index (χ3n) is 4.41. The van der Waals surface area contributed by atoms with E-state index in [1.165, 1.54) is 4.90 Å². The zero-order chi connectivity index (χ0) is 19.1. The Morgan fingerprint density at radius 3 is 2.38 bits per heavy atom. The molecule has 0 aromatic carbocycles. The Kier molecular flexibility index (Phi) is 6.94. The SMILES string of the molecule is CC(C)N(CC(=O)O)C(=O)CCC(=O)N1CCN(c2ccccn2)CC1. The van der Waals surface area contributed by atoms with Crippen molar-refractivity contribution in [2.45, 2.75) is 32.7 Å². The molecule has 0 spiro atoms. The van der Waals surface area contributed by atoms with Gasteiger partial charge in [0.1, 0.15) is 12.4 Å². The number of aromatic nitrogens is 1. The van der Waals surface area contributed by atoms with Crippen LogP contribution >= 0.6 is 0 Å². The van der Waals surface area contributed by atoms with E-state index in [4.69, 9.17) is 5.11 Å². The molecule has 2 heterocycles. The fraction of sp³-hybridized carbons (Fsp3) is 0.556. The number of carboxylic acid groups (broad SMARTS) is 1. The second kappa shape index (κ2) is 9.17. The van der Waals surface area contributed by atoms with Gasteiger partial charge in [-0.3, -0.25) is 14.4 Å². The Balaban J connectivity index is 1.80. The van der Waals surface area contributed by atoms with Gasteiger partial charge in [-0.15, -0.1) is 0 Å². The first-order valence-corrected chi connectivity index (χ1v) is 8.83. The van der Waals surface area contributed by atoms with Gasteiger partial charge in [0.05, 0.1) is 0 Å². The van der Waals surface area contributed by atoms with Crippen molar-refractivity contribution in [2.75, 3.05) is 37.6 Å². The molecule has 2 amide bonds. The van der Waals surface area contributed by atoms with Crippen molar-refractivity contribution < 1.29 is 19.5 Å². The molecule has 1 saturated heterocycles. The number of hydrogen-bond acceptors (Lipinski definition) is 5. The van der Waals surface area contributed by atoms with E-state index in [1.807, 2.05) is 18.2 Å². The summed E-state index contributed by atoms with van der Waals surface area (Å²) >= 11 is 0. The zero-order valence-corrected chi connectivity index (χ0v) is 15.3. The summed E-state index contributed by atoms with van der Waals surface area (Å²) in [6, 6.07) is 5.53. The van der Waals surface area contributed by atoms with Gasteiger partial charge in [0.15, 0.2) is 0 Å². The van der Waals surface area contributed by atoms with Crippen molar-refractivity contribution >= 4 is 23.6 Å². The van der Waals surface area contributed by atoms with E-state index in [0.29, 0.717) is 26.2 Å². The lowest BCUT2D eigenvalue weighted by atomic mass is 10.2. The molecule has 26 heavy (non-hydrogen) atoms. The van der Waals surface area contributed by atoms with Crippen LogP contribution in [0.25, 0.3) is 0 Å². The molecule has 0 unspecified atom stereocenters. The van der Waals surface area contributed by atoms with Gasteiger partial charge in [-0.2, -0.15) is 0 Å². The van der Waals surface area contributed by atoms with Gasteiger partial charge in [0.2, 0.25) is 11.8 Å². The van der Waals surface area contributed by atoms with Crippen molar-refractivity contribution in [1.29, 1.82) is 0 Å². The van der Waals surface area contributed by atoms with E-state index < -0.39 is 5.97 Å². The van der Waals surface area contributed by atoms with Gasteiger partial charge in [-0.05, 0) is 26.0 Å². The molecular formula is C18H26N4O4. The van der Waals surface area contributed by atoms with E-state index in [-0.39, 0.29) is 37.2 Å². The molecule has 1 aromatic rings. The number of aliphatic carboxylic acids is 1. The fourth-order valence-corrected chi connectivity index (χ4v) is 2.95. The number of piperazine rings is 1. The molecule has 0 bridgehead atoms. The molecule has 8 heteroatoms. The van der Waals surface area contributed by atoms with Crippen LogP contribution in [0.5, 0.6) is 0 Å². The van der Waals surface area contributed by atoms with Crippen LogP contribution in [0.3, 0.4) is 0 Å². The van der Waals surface area contributed by atoms with Crippen LogP contribution < -0.4 is 4.90 Å². The molecule has 1 N–H and O–H groups in total. The highest BCUT2D eigenvalue weighted by Gasteiger charge is 2.24. The number of anilines is 1. The molecule has 1 aliphatic rings. The molecule has 142 valence electrons. The molecular weight excluding hydrogens is 336 g/mol. The lowest BCUT2D eigenvalue weighted by Crippen LogP contribution is -2.49. The van der Waals surface area contributed by atoms with Gasteiger partial charge in [-0.1, -0.05) is 6.07 Å². The topological polar surface area (TPSA) is 94.0 Å². The Hall–Kier alpha value is -2.64. The number of nitrogens with zero attached hydrogens (tertiary/aromatic N) is 4. The second-order valence-corrected chi connectivity index (χ2v) is 6.56. The summed E-state index contributed by atoms with van der Waals surface area (Å²) in [7, 11) is 0. The molecule has 8 nitrogen and oxygen atoms in total. The van der Waals surface area contributed by atoms with E-state index in [1.54, 1.807) is 24.9 Å². The molecule has 0 atom stereocenters. The number of hydrogen-bond donors (Lipinski definition) is 1. The summed E-state index contributed by atoms with van der Waals surface area (Å²) in [6.07, 6.45) is 1.88. The predicted molar refractivity (Wildman–Crippen MR) is 96.7 cm³/mol. The second-order valence-electron chi connectivity index (χ2n) is 6.56. The number of carboxylic acids is 1. The first kappa shape index (κ1) is 19.7. The van der Waals surface area contributed by atoms with Crippen LogP contribution in [0.15, 0.2) is 24.4 Å². The van der Waals surface area contributed by atoms with E-state index in [0.717, 1.165) is 5.82 Å². The minimum atomic E-state index is -1.05. The van der Waals surface area contributed by atoms with Crippen molar-refractivity contribution in [2.24, 2.45) is 0 Å². The average Bonchev–Trinajstić information content (AvgIpc) is 2.64. The van der Waals surface area contributed by atoms with Crippen LogP contribution in [-0.2, 0) is 14.4 Å². The van der Waals surface area contributed by atoms with E-state index in [9.17, 15) is 14.4 Å². The van der Waals surface area contributed by atoms with Crippen molar-refractivity contribution in [3.8, 4) is 0 Å². The maximum atomic E-state index is 12.4. The van der Waals surface area contributed by atoms with Crippen LogP contribution in [0.2, 0.25) is 0 Å². The number of pyridine rings is 1. The monoisotopic (exact) mass is 362 g/mol. The first-order valence-electron chi connectivity index (χ1n) is 8.83. The zero-order valence-electron chi connectivity index (χ0n) is 15.3. The summed E-state index contributed by atoms with van der Waals surface area (Å²) in [6.45, 7) is 5.77. The lowest BCUT2D eigenvalue weighted by Gasteiger charge is -2.35. The average molecular weight is 362 g/mol. The van der Waals surface area contributed by atoms with E-state index >= 15 is 0 Å². The van der Waals surface area contributed by atoms with Gasteiger partial charge >= 0.3 is 5.97 Å². The number of carbonyl (C=O) groups is 3. The minimum Gasteiger partial charge on any atom is -0.480 e. The third kappa shape index (κ3) is 5.44. The van der Waals surface area contributed by atoms with Gasteiger partial charge in [0.25, 0.3) is 0 Å². The molecule has 1 aliphatic heterocycles. The Morgan fingerprint density at radius 2 is 1.85 bits per heavy atom. The molecule has 2 rings (SSSR count).